The fourth-order valence-corrected chi connectivity index (χ4v) is 3.13. The predicted molar refractivity (Wildman–Crippen MR) is 119 cm³/mol. The smallest absolute Gasteiger partial charge is 0.262 e. The molecular formula is C25H21F2N3O3. The molecule has 1 heterocycles. The number of methoxy groups -OCH3 is 1. The van der Waals surface area contributed by atoms with Gasteiger partial charge in [-0.25, -0.2) is 8.78 Å². The predicted octanol–water partition coefficient (Wildman–Crippen LogP) is 5.05. The molecule has 1 aromatic heterocycles. The molecule has 0 spiro atoms. The molecule has 4 rings (SSSR count). The second-order valence-electron chi connectivity index (χ2n) is 7.27. The highest BCUT2D eigenvalue weighted by molar-refractivity contribution is 6.05. The van der Waals surface area contributed by atoms with Crippen molar-refractivity contribution in [2.45, 2.75) is 13.2 Å². The first-order valence-corrected chi connectivity index (χ1v) is 10.1. The van der Waals surface area contributed by atoms with E-state index in [4.69, 9.17) is 9.47 Å². The highest BCUT2D eigenvalue weighted by Crippen LogP contribution is 2.22. The van der Waals surface area contributed by atoms with Crippen LogP contribution in [0.4, 0.5) is 14.5 Å². The summed E-state index contributed by atoms with van der Waals surface area (Å²) in [4.78, 5) is 13.0. The summed E-state index contributed by atoms with van der Waals surface area (Å²) in [6.07, 6.45) is 1.57. The Morgan fingerprint density at radius 1 is 0.909 bits per heavy atom. The number of halogens is 2. The molecule has 0 atom stereocenters. The van der Waals surface area contributed by atoms with Crippen LogP contribution in [0.15, 0.2) is 79.0 Å². The van der Waals surface area contributed by atoms with Gasteiger partial charge in [-0.1, -0.05) is 24.3 Å². The molecule has 0 saturated carbocycles. The number of rotatable bonds is 8. The van der Waals surface area contributed by atoms with Crippen LogP contribution in [0.2, 0.25) is 0 Å². The first-order chi connectivity index (χ1) is 16.0. The maximum absolute atomic E-state index is 13.2. The van der Waals surface area contributed by atoms with Crippen LogP contribution >= 0.6 is 0 Å². The second-order valence-corrected chi connectivity index (χ2v) is 7.27. The number of anilines is 1. The lowest BCUT2D eigenvalue weighted by molar-refractivity contribution is 0.102. The third-order valence-electron chi connectivity index (χ3n) is 4.87. The van der Waals surface area contributed by atoms with Crippen molar-refractivity contribution in [3.8, 4) is 11.6 Å². The van der Waals surface area contributed by atoms with E-state index in [-0.39, 0.29) is 29.7 Å². The Morgan fingerprint density at radius 3 is 2.12 bits per heavy atom. The Kier molecular flexibility index (Phi) is 6.64. The van der Waals surface area contributed by atoms with Crippen molar-refractivity contribution < 1.29 is 23.0 Å². The molecule has 8 heteroatoms. The van der Waals surface area contributed by atoms with E-state index in [2.05, 4.69) is 10.4 Å². The average Bonchev–Trinajstić information content (AvgIpc) is 3.23. The van der Waals surface area contributed by atoms with Crippen LogP contribution in [0, 0.1) is 11.6 Å². The standard InChI is InChI=1S/C25H21F2N3O3/c1-32-22-12-10-21(11-13-22)28-24(31)23-15-30(14-17-2-6-19(26)7-3-17)29-25(23)33-16-18-4-8-20(27)9-5-18/h2-13,15H,14,16H2,1H3,(H,28,31). The van der Waals surface area contributed by atoms with Crippen molar-refractivity contribution in [3.63, 3.8) is 0 Å². The lowest BCUT2D eigenvalue weighted by atomic mass is 10.2. The van der Waals surface area contributed by atoms with E-state index >= 15 is 0 Å². The second kappa shape index (κ2) is 9.95. The molecule has 6 nitrogen and oxygen atoms in total. The highest BCUT2D eigenvalue weighted by atomic mass is 19.1. The maximum atomic E-state index is 13.2. The van der Waals surface area contributed by atoms with E-state index < -0.39 is 5.91 Å². The number of hydrogen-bond acceptors (Lipinski definition) is 4. The molecular weight excluding hydrogens is 428 g/mol. The van der Waals surface area contributed by atoms with Gasteiger partial charge >= 0.3 is 0 Å². The fourth-order valence-electron chi connectivity index (χ4n) is 3.13. The Bertz CT molecular complexity index is 1220. The molecule has 0 aliphatic heterocycles. The van der Waals surface area contributed by atoms with Gasteiger partial charge in [0.05, 0.1) is 13.7 Å². The van der Waals surface area contributed by atoms with E-state index in [0.29, 0.717) is 18.0 Å². The van der Waals surface area contributed by atoms with Crippen LogP contribution in [0.1, 0.15) is 21.5 Å². The molecule has 0 saturated heterocycles. The summed E-state index contributed by atoms with van der Waals surface area (Å²) in [6, 6.07) is 18.8. The monoisotopic (exact) mass is 449 g/mol. The van der Waals surface area contributed by atoms with Crippen molar-refractivity contribution >= 4 is 11.6 Å². The minimum Gasteiger partial charge on any atom is -0.497 e. The molecule has 3 aromatic carbocycles. The molecule has 33 heavy (non-hydrogen) atoms. The van der Waals surface area contributed by atoms with Crippen molar-refractivity contribution in [3.05, 3.63) is 107 Å². The first kappa shape index (κ1) is 22.0. The molecule has 1 N–H and O–H groups in total. The molecule has 168 valence electrons. The van der Waals surface area contributed by atoms with Crippen LogP contribution in [0.5, 0.6) is 11.6 Å². The van der Waals surface area contributed by atoms with Crippen LogP contribution < -0.4 is 14.8 Å². The summed E-state index contributed by atoms with van der Waals surface area (Å²) in [6.45, 7) is 0.430. The lowest BCUT2D eigenvalue weighted by Gasteiger charge is -2.08. The Balaban J connectivity index is 1.55. The Labute approximate surface area is 189 Å². The number of hydrogen-bond donors (Lipinski definition) is 1. The number of nitrogens with one attached hydrogen (secondary N) is 1. The summed E-state index contributed by atoms with van der Waals surface area (Å²) in [5, 5.41) is 7.21. The lowest BCUT2D eigenvalue weighted by Crippen LogP contribution is -2.12. The van der Waals surface area contributed by atoms with Crippen molar-refractivity contribution in [2.75, 3.05) is 12.4 Å². The molecule has 0 aliphatic rings. The van der Waals surface area contributed by atoms with Crippen LogP contribution in [0.3, 0.4) is 0 Å². The number of carbonyl (C=O) groups excluding carboxylic acids is 1. The van der Waals surface area contributed by atoms with Gasteiger partial charge < -0.3 is 14.8 Å². The van der Waals surface area contributed by atoms with Gasteiger partial charge in [0.15, 0.2) is 0 Å². The van der Waals surface area contributed by atoms with E-state index in [1.165, 1.54) is 24.3 Å². The molecule has 1 amide bonds. The van der Waals surface area contributed by atoms with Gasteiger partial charge in [0, 0.05) is 11.9 Å². The van der Waals surface area contributed by atoms with Crippen LogP contribution in [-0.4, -0.2) is 22.8 Å². The Morgan fingerprint density at radius 2 is 1.52 bits per heavy atom. The summed E-state index contributed by atoms with van der Waals surface area (Å²) >= 11 is 0. The Hall–Kier alpha value is -4.20. The van der Waals surface area contributed by atoms with Crippen molar-refractivity contribution in [1.29, 1.82) is 0 Å². The van der Waals surface area contributed by atoms with Gasteiger partial charge in [0.2, 0.25) is 5.88 Å². The number of aromatic nitrogens is 2. The van der Waals surface area contributed by atoms with E-state index in [1.807, 2.05) is 0 Å². The maximum Gasteiger partial charge on any atom is 0.262 e. The average molecular weight is 449 g/mol. The molecule has 0 unspecified atom stereocenters. The van der Waals surface area contributed by atoms with Gasteiger partial charge in [-0.15, -0.1) is 5.10 Å². The summed E-state index contributed by atoms with van der Waals surface area (Å²) in [5.41, 5.74) is 2.35. The largest absolute Gasteiger partial charge is 0.497 e. The van der Waals surface area contributed by atoms with Gasteiger partial charge in [0.1, 0.15) is 29.6 Å². The molecule has 0 aliphatic carbocycles. The third-order valence-corrected chi connectivity index (χ3v) is 4.87. The van der Waals surface area contributed by atoms with Crippen molar-refractivity contribution in [1.82, 2.24) is 9.78 Å². The topological polar surface area (TPSA) is 65.4 Å². The minimum absolute atomic E-state index is 0.108. The van der Waals surface area contributed by atoms with Gasteiger partial charge in [-0.05, 0) is 59.7 Å². The molecule has 0 fully saturated rings. The molecule has 4 aromatic rings. The number of carbonyl (C=O) groups is 1. The number of benzene rings is 3. The summed E-state index contributed by atoms with van der Waals surface area (Å²) < 4.78 is 38.9. The van der Waals surface area contributed by atoms with Gasteiger partial charge in [0.25, 0.3) is 5.91 Å². The zero-order valence-corrected chi connectivity index (χ0v) is 17.8. The fraction of sp³-hybridized carbons (Fsp3) is 0.120. The van der Waals surface area contributed by atoms with E-state index in [1.54, 1.807) is 66.5 Å². The van der Waals surface area contributed by atoms with Crippen LogP contribution in [0.25, 0.3) is 0 Å². The zero-order valence-electron chi connectivity index (χ0n) is 17.8. The minimum atomic E-state index is -0.403. The third kappa shape index (κ3) is 5.74. The van der Waals surface area contributed by atoms with Crippen molar-refractivity contribution in [2.24, 2.45) is 0 Å². The normalized spacial score (nSPS) is 10.6. The number of nitrogens with zero attached hydrogens (tertiary/aromatic N) is 2. The number of ether oxygens (including phenoxy) is 2. The number of amides is 1. The first-order valence-electron chi connectivity index (χ1n) is 10.1. The molecule has 0 bridgehead atoms. The summed E-state index contributed by atoms with van der Waals surface area (Å²) in [7, 11) is 1.56. The SMILES string of the molecule is COc1ccc(NC(=O)c2cn(Cc3ccc(F)cc3)nc2OCc2ccc(F)cc2)cc1. The highest BCUT2D eigenvalue weighted by Gasteiger charge is 2.19. The zero-order chi connectivity index (χ0) is 23.2. The summed E-state index contributed by atoms with van der Waals surface area (Å²) in [5.74, 6) is -0.278. The molecule has 0 radical (unpaired) electrons. The van der Waals surface area contributed by atoms with Gasteiger partial charge in [-0.3, -0.25) is 9.48 Å². The van der Waals surface area contributed by atoms with E-state index in [9.17, 15) is 13.6 Å². The van der Waals surface area contributed by atoms with Gasteiger partial charge in [-0.2, -0.15) is 0 Å². The van der Waals surface area contributed by atoms with E-state index in [0.717, 1.165) is 11.1 Å². The van der Waals surface area contributed by atoms with Crippen LogP contribution in [-0.2, 0) is 13.2 Å². The quantitative estimate of drug-likeness (QED) is 0.409.